The first-order chi connectivity index (χ1) is 7.20. The molecule has 0 saturated carbocycles. The van der Waals surface area contributed by atoms with Crippen LogP contribution >= 0.6 is 0 Å². The van der Waals surface area contributed by atoms with Crippen molar-refractivity contribution in [2.24, 2.45) is 5.92 Å². The molecule has 1 rings (SSSR count). The molecule has 0 amide bonds. The van der Waals surface area contributed by atoms with Crippen molar-refractivity contribution in [3.8, 4) is 0 Å². The van der Waals surface area contributed by atoms with Gasteiger partial charge in [-0.15, -0.1) is 0 Å². The van der Waals surface area contributed by atoms with Crippen LogP contribution in [0.1, 0.15) is 24.2 Å². The Kier molecular flexibility index (Phi) is 4.84. The third-order valence-corrected chi connectivity index (χ3v) is 1.87. The van der Waals surface area contributed by atoms with Gasteiger partial charge in [-0.1, -0.05) is 32.0 Å². The van der Waals surface area contributed by atoms with Gasteiger partial charge in [-0.25, -0.2) is 4.79 Å². The van der Waals surface area contributed by atoms with Crippen LogP contribution in [0.25, 0.3) is 0 Å². The number of hydrogen-bond donors (Lipinski definition) is 1. The number of hydrogen-bond acceptors (Lipinski definition) is 3. The third kappa shape index (κ3) is 4.61. The van der Waals surface area contributed by atoms with Crippen molar-refractivity contribution < 1.29 is 9.53 Å². The molecule has 0 saturated heterocycles. The maximum Gasteiger partial charge on any atom is 0.339 e. The van der Waals surface area contributed by atoms with E-state index < -0.39 is 0 Å². The largest absolute Gasteiger partial charge is 0.446 e. The number of esters is 1. The fourth-order valence-electron chi connectivity index (χ4n) is 1.12. The quantitative estimate of drug-likeness (QED) is 0.456. The van der Waals surface area contributed by atoms with Crippen LogP contribution in [0.2, 0.25) is 0 Å². The normalized spacial score (nSPS) is 10.3. The zero-order chi connectivity index (χ0) is 11.1. The molecule has 3 heteroatoms. The predicted octanol–water partition coefficient (Wildman–Crippen LogP) is 2.05. The molecule has 0 aromatic heterocycles. The van der Waals surface area contributed by atoms with E-state index >= 15 is 0 Å². The Bertz CT molecular complexity index is 296. The van der Waals surface area contributed by atoms with E-state index in [2.05, 4.69) is 19.2 Å². The molecule has 0 fully saturated rings. The van der Waals surface area contributed by atoms with E-state index in [1.807, 2.05) is 18.2 Å². The highest BCUT2D eigenvalue weighted by Gasteiger charge is 2.04. The Balaban J connectivity index is 2.25. The molecule has 82 valence electrons. The van der Waals surface area contributed by atoms with Crippen LogP contribution in [0.4, 0.5) is 0 Å². The first kappa shape index (κ1) is 11.7. The van der Waals surface area contributed by atoms with Crippen molar-refractivity contribution in [2.45, 2.75) is 13.8 Å². The summed E-state index contributed by atoms with van der Waals surface area (Å²) >= 11 is 0. The molecule has 0 unspecified atom stereocenters. The highest BCUT2D eigenvalue weighted by atomic mass is 16.5. The number of carbonyl (C=O) groups is 1. The lowest BCUT2D eigenvalue weighted by Gasteiger charge is -2.08. The second kappa shape index (κ2) is 6.19. The SMILES string of the molecule is CC(C)CNCOC(=O)c1ccccc1. The lowest BCUT2D eigenvalue weighted by atomic mass is 10.2. The van der Waals surface area contributed by atoms with Crippen molar-refractivity contribution in [3.05, 3.63) is 35.9 Å². The predicted molar refractivity (Wildman–Crippen MR) is 59.6 cm³/mol. The summed E-state index contributed by atoms with van der Waals surface area (Å²) in [6, 6.07) is 8.99. The van der Waals surface area contributed by atoms with Gasteiger partial charge in [0, 0.05) is 6.54 Å². The van der Waals surface area contributed by atoms with Gasteiger partial charge >= 0.3 is 5.97 Å². The second-order valence-electron chi connectivity index (χ2n) is 3.79. The molecule has 1 aromatic carbocycles. The van der Waals surface area contributed by atoms with Gasteiger partial charge < -0.3 is 4.74 Å². The molecule has 0 spiro atoms. The van der Waals surface area contributed by atoms with Gasteiger partial charge in [0.15, 0.2) is 0 Å². The van der Waals surface area contributed by atoms with E-state index in [1.165, 1.54) is 0 Å². The molecule has 15 heavy (non-hydrogen) atoms. The maximum absolute atomic E-state index is 11.4. The lowest BCUT2D eigenvalue weighted by molar-refractivity contribution is 0.0469. The molecule has 0 atom stereocenters. The van der Waals surface area contributed by atoms with Crippen LogP contribution in [0, 0.1) is 5.92 Å². The van der Waals surface area contributed by atoms with Crippen LogP contribution in [0.15, 0.2) is 30.3 Å². The molecule has 0 radical (unpaired) electrons. The van der Waals surface area contributed by atoms with Crippen LogP contribution in [0.3, 0.4) is 0 Å². The van der Waals surface area contributed by atoms with Crippen LogP contribution < -0.4 is 5.32 Å². The molecule has 0 bridgehead atoms. The van der Waals surface area contributed by atoms with Crippen LogP contribution in [0.5, 0.6) is 0 Å². The summed E-state index contributed by atoms with van der Waals surface area (Å²) in [5.74, 6) is 0.271. The minimum Gasteiger partial charge on any atom is -0.446 e. The summed E-state index contributed by atoms with van der Waals surface area (Å²) in [7, 11) is 0. The number of benzene rings is 1. The molecule has 1 aromatic rings. The van der Waals surface area contributed by atoms with Gasteiger partial charge in [-0.2, -0.15) is 0 Å². The lowest BCUT2D eigenvalue weighted by Crippen LogP contribution is -2.24. The van der Waals surface area contributed by atoms with E-state index in [9.17, 15) is 4.79 Å². The van der Waals surface area contributed by atoms with Crippen molar-refractivity contribution in [3.63, 3.8) is 0 Å². The van der Waals surface area contributed by atoms with E-state index in [0.29, 0.717) is 11.5 Å². The Hall–Kier alpha value is -1.35. The Morgan fingerprint density at radius 1 is 1.33 bits per heavy atom. The first-order valence-corrected chi connectivity index (χ1v) is 5.13. The fourth-order valence-corrected chi connectivity index (χ4v) is 1.12. The topological polar surface area (TPSA) is 38.3 Å². The molecular formula is C12H17NO2. The van der Waals surface area contributed by atoms with E-state index in [1.54, 1.807) is 12.1 Å². The number of carbonyl (C=O) groups excluding carboxylic acids is 1. The molecule has 0 aliphatic carbocycles. The van der Waals surface area contributed by atoms with E-state index in [0.717, 1.165) is 6.54 Å². The van der Waals surface area contributed by atoms with Crippen molar-refractivity contribution >= 4 is 5.97 Å². The Morgan fingerprint density at radius 3 is 2.60 bits per heavy atom. The van der Waals surface area contributed by atoms with Crippen molar-refractivity contribution in [1.29, 1.82) is 0 Å². The molecule has 0 heterocycles. The van der Waals surface area contributed by atoms with Gasteiger partial charge in [-0.05, 0) is 18.1 Å². The highest BCUT2D eigenvalue weighted by molar-refractivity contribution is 5.89. The molecule has 1 N–H and O–H groups in total. The third-order valence-electron chi connectivity index (χ3n) is 1.87. The Labute approximate surface area is 90.4 Å². The summed E-state index contributed by atoms with van der Waals surface area (Å²) in [6.07, 6.45) is 0. The second-order valence-corrected chi connectivity index (χ2v) is 3.79. The summed E-state index contributed by atoms with van der Waals surface area (Å²) in [5, 5.41) is 3.04. The minimum absolute atomic E-state index is 0.270. The smallest absolute Gasteiger partial charge is 0.339 e. The zero-order valence-corrected chi connectivity index (χ0v) is 9.19. The molecular weight excluding hydrogens is 190 g/mol. The molecule has 0 aliphatic rings. The fraction of sp³-hybridized carbons (Fsp3) is 0.417. The van der Waals surface area contributed by atoms with Crippen LogP contribution in [-0.2, 0) is 4.74 Å². The average molecular weight is 207 g/mol. The summed E-state index contributed by atoms with van der Waals surface area (Å²) in [4.78, 5) is 11.4. The Morgan fingerprint density at radius 2 is 2.00 bits per heavy atom. The standard InChI is InChI=1S/C12H17NO2/c1-10(2)8-13-9-15-12(14)11-6-4-3-5-7-11/h3-7,10,13H,8-9H2,1-2H3. The average Bonchev–Trinajstić information content (AvgIpc) is 2.25. The first-order valence-electron chi connectivity index (χ1n) is 5.13. The van der Waals surface area contributed by atoms with Gasteiger partial charge in [0.05, 0.1) is 5.56 Å². The highest BCUT2D eigenvalue weighted by Crippen LogP contribution is 2.00. The maximum atomic E-state index is 11.4. The monoisotopic (exact) mass is 207 g/mol. The number of rotatable bonds is 5. The zero-order valence-electron chi connectivity index (χ0n) is 9.19. The number of ether oxygens (including phenoxy) is 1. The summed E-state index contributed by atoms with van der Waals surface area (Å²) < 4.78 is 5.03. The summed E-state index contributed by atoms with van der Waals surface area (Å²) in [5.41, 5.74) is 0.587. The molecule has 3 nitrogen and oxygen atoms in total. The summed E-state index contributed by atoms with van der Waals surface area (Å²) in [6.45, 7) is 5.33. The molecule has 0 aliphatic heterocycles. The van der Waals surface area contributed by atoms with Gasteiger partial charge in [0.25, 0.3) is 0 Å². The van der Waals surface area contributed by atoms with E-state index in [-0.39, 0.29) is 12.7 Å². The van der Waals surface area contributed by atoms with Gasteiger partial charge in [0.2, 0.25) is 0 Å². The minimum atomic E-state index is -0.285. The number of nitrogens with one attached hydrogen (secondary N) is 1. The van der Waals surface area contributed by atoms with Crippen LogP contribution in [-0.4, -0.2) is 19.2 Å². The van der Waals surface area contributed by atoms with Crippen molar-refractivity contribution in [2.75, 3.05) is 13.3 Å². The van der Waals surface area contributed by atoms with Gasteiger partial charge in [-0.3, -0.25) is 5.32 Å². The van der Waals surface area contributed by atoms with Crippen molar-refractivity contribution in [1.82, 2.24) is 5.32 Å². The van der Waals surface area contributed by atoms with E-state index in [4.69, 9.17) is 4.74 Å². The van der Waals surface area contributed by atoms with Gasteiger partial charge in [0.1, 0.15) is 6.73 Å².